The minimum atomic E-state index is -3.32. The Morgan fingerprint density at radius 1 is 1.41 bits per heavy atom. The lowest BCUT2D eigenvalue weighted by Crippen LogP contribution is -2.40. The Bertz CT molecular complexity index is 339. The van der Waals surface area contributed by atoms with Crippen LogP contribution in [0.15, 0.2) is 12.7 Å². The standard InChI is InChI=1S/C11H22N2O3S/c1-4-6-7-9-13(17(3,15)16)10-11(14)12-8-5-2/h5H,2,4,6-10H2,1,3H3,(H,12,14). The number of carbonyl (C=O) groups excluding carboxylic acids is 1. The maximum absolute atomic E-state index is 11.5. The van der Waals surface area contributed by atoms with Crippen molar-refractivity contribution in [1.82, 2.24) is 9.62 Å². The highest BCUT2D eigenvalue weighted by molar-refractivity contribution is 7.88. The average Bonchev–Trinajstić information content (AvgIpc) is 2.24. The first-order chi connectivity index (χ1) is 7.91. The summed E-state index contributed by atoms with van der Waals surface area (Å²) in [4.78, 5) is 11.4. The molecule has 0 rings (SSSR count). The summed E-state index contributed by atoms with van der Waals surface area (Å²) < 4.78 is 24.1. The maximum atomic E-state index is 11.5. The van der Waals surface area contributed by atoms with E-state index in [1.165, 1.54) is 4.31 Å². The van der Waals surface area contributed by atoms with Crippen molar-refractivity contribution in [1.29, 1.82) is 0 Å². The topological polar surface area (TPSA) is 66.5 Å². The van der Waals surface area contributed by atoms with E-state index in [1.54, 1.807) is 6.08 Å². The summed E-state index contributed by atoms with van der Waals surface area (Å²) in [5.41, 5.74) is 0. The van der Waals surface area contributed by atoms with Crippen molar-refractivity contribution in [3.63, 3.8) is 0 Å². The molecule has 5 nitrogen and oxygen atoms in total. The van der Waals surface area contributed by atoms with Crippen molar-refractivity contribution < 1.29 is 13.2 Å². The Labute approximate surface area is 104 Å². The summed E-state index contributed by atoms with van der Waals surface area (Å²) in [5.74, 6) is -0.299. The van der Waals surface area contributed by atoms with Crippen LogP contribution in [-0.2, 0) is 14.8 Å². The van der Waals surface area contributed by atoms with Crippen molar-refractivity contribution in [2.45, 2.75) is 26.2 Å². The molecule has 0 aliphatic carbocycles. The van der Waals surface area contributed by atoms with Gasteiger partial charge in [-0.25, -0.2) is 8.42 Å². The number of nitrogens with zero attached hydrogens (tertiary/aromatic N) is 1. The van der Waals surface area contributed by atoms with E-state index >= 15 is 0 Å². The molecule has 0 spiro atoms. The first kappa shape index (κ1) is 16.1. The summed E-state index contributed by atoms with van der Waals surface area (Å²) in [6.07, 6.45) is 5.43. The number of hydrogen-bond acceptors (Lipinski definition) is 3. The predicted molar refractivity (Wildman–Crippen MR) is 69.1 cm³/mol. The van der Waals surface area contributed by atoms with E-state index in [-0.39, 0.29) is 12.5 Å². The van der Waals surface area contributed by atoms with E-state index in [2.05, 4.69) is 11.9 Å². The largest absolute Gasteiger partial charge is 0.351 e. The van der Waals surface area contributed by atoms with Gasteiger partial charge in [0.15, 0.2) is 0 Å². The fourth-order valence-corrected chi connectivity index (χ4v) is 2.11. The molecule has 0 saturated carbocycles. The number of rotatable bonds is 9. The molecule has 6 heteroatoms. The lowest BCUT2D eigenvalue weighted by Gasteiger charge is -2.19. The third-order valence-electron chi connectivity index (χ3n) is 2.24. The summed E-state index contributed by atoms with van der Waals surface area (Å²) in [6.45, 7) is 6.15. The van der Waals surface area contributed by atoms with Crippen molar-refractivity contribution in [2.24, 2.45) is 0 Å². The van der Waals surface area contributed by atoms with Crippen LogP contribution in [0.3, 0.4) is 0 Å². The van der Waals surface area contributed by atoms with E-state index in [0.29, 0.717) is 13.1 Å². The van der Waals surface area contributed by atoms with Gasteiger partial charge >= 0.3 is 0 Å². The van der Waals surface area contributed by atoms with E-state index in [1.807, 2.05) is 6.92 Å². The Kier molecular flexibility index (Phi) is 7.82. The Morgan fingerprint density at radius 2 is 2.06 bits per heavy atom. The third kappa shape index (κ3) is 7.93. The molecule has 0 aromatic heterocycles. The first-order valence-corrected chi connectivity index (χ1v) is 7.59. The number of amides is 1. The van der Waals surface area contributed by atoms with Crippen LogP contribution in [0.5, 0.6) is 0 Å². The van der Waals surface area contributed by atoms with Crippen LogP contribution < -0.4 is 5.32 Å². The number of carbonyl (C=O) groups is 1. The van der Waals surface area contributed by atoms with Gasteiger partial charge in [0.1, 0.15) is 0 Å². The monoisotopic (exact) mass is 262 g/mol. The summed E-state index contributed by atoms with van der Waals surface area (Å²) >= 11 is 0. The molecule has 17 heavy (non-hydrogen) atoms. The van der Waals surface area contributed by atoms with Gasteiger partial charge in [-0.1, -0.05) is 25.8 Å². The van der Waals surface area contributed by atoms with Gasteiger partial charge in [-0.2, -0.15) is 4.31 Å². The van der Waals surface area contributed by atoms with E-state index in [0.717, 1.165) is 25.5 Å². The van der Waals surface area contributed by atoms with E-state index in [9.17, 15) is 13.2 Å². The SMILES string of the molecule is C=CCNC(=O)CN(CCCCC)S(C)(=O)=O. The average molecular weight is 262 g/mol. The zero-order chi connectivity index (χ0) is 13.3. The van der Waals surface area contributed by atoms with Crippen LogP contribution >= 0.6 is 0 Å². The zero-order valence-electron chi connectivity index (χ0n) is 10.6. The second-order valence-corrected chi connectivity index (χ2v) is 5.88. The van der Waals surface area contributed by atoms with Gasteiger partial charge < -0.3 is 5.32 Å². The third-order valence-corrected chi connectivity index (χ3v) is 3.49. The van der Waals surface area contributed by atoms with Crippen molar-refractivity contribution in [3.8, 4) is 0 Å². The van der Waals surface area contributed by atoms with Crippen molar-refractivity contribution in [2.75, 3.05) is 25.9 Å². The van der Waals surface area contributed by atoms with Crippen LogP contribution in [0.25, 0.3) is 0 Å². The highest BCUT2D eigenvalue weighted by Gasteiger charge is 2.18. The van der Waals surface area contributed by atoms with E-state index in [4.69, 9.17) is 0 Å². The number of sulfonamides is 1. The van der Waals surface area contributed by atoms with Gasteiger partial charge in [-0.3, -0.25) is 4.79 Å². The van der Waals surface area contributed by atoms with Crippen molar-refractivity contribution in [3.05, 3.63) is 12.7 Å². The summed E-state index contributed by atoms with van der Waals surface area (Å²) in [7, 11) is -3.32. The van der Waals surface area contributed by atoms with Crippen LogP contribution in [0.4, 0.5) is 0 Å². The highest BCUT2D eigenvalue weighted by Crippen LogP contribution is 2.02. The van der Waals surface area contributed by atoms with Gasteiger partial charge in [-0.05, 0) is 6.42 Å². The van der Waals surface area contributed by atoms with Crippen LogP contribution in [0.1, 0.15) is 26.2 Å². The summed E-state index contributed by atoms with van der Waals surface area (Å²) in [6, 6.07) is 0. The molecule has 0 atom stereocenters. The van der Waals surface area contributed by atoms with Crippen molar-refractivity contribution >= 4 is 15.9 Å². The second kappa shape index (κ2) is 8.25. The fourth-order valence-electron chi connectivity index (χ4n) is 1.30. The Hall–Kier alpha value is -0.880. The minimum absolute atomic E-state index is 0.115. The summed E-state index contributed by atoms with van der Waals surface area (Å²) in [5, 5.41) is 2.56. The van der Waals surface area contributed by atoms with Gasteiger partial charge in [0.2, 0.25) is 15.9 Å². The normalized spacial score (nSPS) is 11.5. The predicted octanol–water partition coefficient (Wildman–Crippen LogP) is 0.740. The van der Waals surface area contributed by atoms with Gasteiger partial charge in [0.05, 0.1) is 12.8 Å². The van der Waals surface area contributed by atoms with Gasteiger partial charge in [-0.15, -0.1) is 6.58 Å². The molecule has 0 unspecified atom stereocenters. The lowest BCUT2D eigenvalue weighted by molar-refractivity contribution is -0.121. The van der Waals surface area contributed by atoms with Crippen LogP contribution in [0.2, 0.25) is 0 Å². The molecule has 0 heterocycles. The molecule has 0 aliphatic rings. The number of nitrogens with one attached hydrogen (secondary N) is 1. The van der Waals surface area contributed by atoms with Crippen LogP contribution in [0, 0.1) is 0 Å². The quantitative estimate of drug-likeness (QED) is 0.492. The lowest BCUT2D eigenvalue weighted by atomic mass is 10.2. The smallest absolute Gasteiger partial charge is 0.235 e. The van der Waals surface area contributed by atoms with E-state index < -0.39 is 10.0 Å². The molecule has 0 aromatic carbocycles. The molecule has 1 N–H and O–H groups in total. The van der Waals surface area contributed by atoms with Crippen LogP contribution in [-0.4, -0.2) is 44.5 Å². The number of hydrogen-bond donors (Lipinski definition) is 1. The Balaban J connectivity index is 4.29. The number of unbranched alkanes of at least 4 members (excludes halogenated alkanes) is 2. The van der Waals surface area contributed by atoms with Gasteiger partial charge in [0.25, 0.3) is 0 Å². The molecule has 0 aliphatic heterocycles. The minimum Gasteiger partial charge on any atom is -0.351 e. The molecule has 1 amide bonds. The molecule has 0 bridgehead atoms. The molecule has 0 fully saturated rings. The van der Waals surface area contributed by atoms with Gasteiger partial charge in [0, 0.05) is 13.1 Å². The second-order valence-electron chi connectivity index (χ2n) is 3.90. The fraction of sp³-hybridized carbons (Fsp3) is 0.727. The molecule has 0 saturated heterocycles. The maximum Gasteiger partial charge on any atom is 0.235 e. The molecule has 0 radical (unpaired) electrons. The molecular weight excluding hydrogens is 240 g/mol. The molecule has 0 aromatic rings. The zero-order valence-corrected chi connectivity index (χ0v) is 11.4. The first-order valence-electron chi connectivity index (χ1n) is 5.74. The molecule has 100 valence electrons. The molecular formula is C11H22N2O3S. The highest BCUT2D eigenvalue weighted by atomic mass is 32.2. The Morgan fingerprint density at radius 3 is 2.53 bits per heavy atom.